The molecular formula is C23H32N4O8. The molecule has 2 rings (SSSR count). The minimum Gasteiger partial charge on any atom is -0.508 e. The van der Waals surface area contributed by atoms with Crippen molar-refractivity contribution in [1.82, 2.24) is 15.5 Å². The van der Waals surface area contributed by atoms with Crippen LogP contribution in [0.5, 0.6) is 5.75 Å². The number of aliphatic carboxylic acids is 2. The third kappa shape index (κ3) is 7.67. The number of nitrogens with one attached hydrogen (secondary N) is 2. The van der Waals surface area contributed by atoms with Gasteiger partial charge in [0, 0.05) is 13.0 Å². The number of carboxylic acid groups (broad SMARTS) is 2. The van der Waals surface area contributed by atoms with Gasteiger partial charge in [-0.1, -0.05) is 26.0 Å². The molecule has 192 valence electrons. The Bertz CT molecular complexity index is 949. The van der Waals surface area contributed by atoms with Crippen LogP contribution in [-0.2, 0) is 30.4 Å². The van der Waals surface area contributed by atoms with E-state index in [1.807, 2.05) is 0 Å². The molecule has 0 spiro atoms. The Morgan fingerprint density at radius 3 is 2.23 bits per heavy atom. The number of phenolic OH excluding ortho intramolecular Hbond substituents is 1. The number of phenols is 1. The number of hydrogen-bond donors (Lipinski definition) is 6. The van der Waals surface area contributed by atoms with Gasteiger partial charge in [0.25, 0.3) is 0 Å². The van der Waals surface area contributed by atoms with Crippen LogP contribution < -0.4 is 16.4 Å². The van der Waals surface area contributed by atoms with Crippen LogP contribution in [0.1, 0.15) is 38.7 Å². The lowest BCUT2D eigenvalue weighted by molar-refractivity contribution is -0.149. The maximum Gasteiger partial charge on any atom is 0.326 e. The van der Waals surface area contributed by atoms with Crippen LogP contribution in [0.15, 0.2) is 24.3 Å². The molecule has 1 fully saturated rings. The fraction of sp³-hybridized carbons (Fsp3) is 0.522. The molecule has 0 aliphatic carbocycles. The Morgan fingerprint density at radius 2 is 1.69 bits per heavy atom. The smallest absolute Gasteiger partial charge is 0.326 e. The maximum absolute atomic E-state index is 13.3. The molecule has 12 heteroatoms. The minimum atomic E-state index is -1.36. The summed E-state index contributed by atoms with van der Waals surface area (Å²) < 4.78 is 0. The lowest BCUT2D eigenvalue weighted by Gasteiger charge is -2.30. The van der Waals surface area contributed by atoms with Crippen LogP contribution in [0.25, 0.3) is 0 Å². The number of rotatable bonds is 11. The highest BCUT2D eigenvalue weighted by Gasteiger charge is 2.38. The van der Waals surface area contributed by atoms with Gasteiger partial charge in [0.2, 0.25) is 17.7 Å². The van der Waals surface area contributed by atoms with Gasteiger partial charge >= 0.3 is 11.9 Å². The van der Waals surface area contributed by atoms with Crippen LogP contribution in [0, 0.1) is 5.92 Å². The van der Waals surface area contributed by atoms with Gasteiger partial charge in [-0.3, -0.25) is 19.2 Å². The van der Waals surface area contributed by atoms with Crippen molar-refractivity contribution in [1.29, 1.82) is 0 Å². The van der Waals surface area contributed by atoms with E-state index < -0.39 is 66.2 Å². The topological polar surface area (TPSA) is 199 Å². The first-order valence-corrected chi connectivity index (χ1v) is 11.3. The van der Waals surface area contributed by atoms with Crippen LogP contribution in [0.2, 0.25) is 0 Å². The average molecular weight is 493 g/mol. The first-order chi connectivity index (χ1) is 16.4. The van der Waals surface area contributed by atoms with E-state index in [1.54, 1.807) is 26.0 Å². The Kier molecular flexibility index (Phi) is 9.58. The Hall–Kier alpha value is -3.67. The zero-order valence-corrected chi connectivity index (χ0v) is 19.6. The molecule has 1 aromatic rings. The van der Waals surface area contributed by atoms with Crippen molar-refractivity contribution in [3.63, 3.8) is 0 Å². The molecule has 0 aromatic heterocycles. The quantitative estimate of drug-likeness (QED) is 0.234. The molecule has 35 heavy (non-hydrogen) atoms. The highest BCUT2D eigenvalue weighted by Crippen LogP contribution is 2.20. The van der Waals surface area contributed by atoms with Crippen molar-refractivity contribution in [3.8, 4) is 5.75 Å². The van der Waals surface area contributed by atoms with Gasteiger partial charge in [-0.05, 0) is 36.5 Å². The number of hydrogen-bond acceptors (Lipinski definition) is 7. The molecule has 1 saturated heterocycles. The van der Waals surface area contributed by atoms with E-state index in [9.17, 15) is 34.2 Å². The lowest BCUT2D eigenvalue weighted by atomic mass is 10.00. The second-order valence-electron chi connectivity index (χ2n) is 8.89. The van der Waals surface area contributed by atoms with E-state index in [-0.39, 0.29) is 18.7 Å². The normalized spacial score (nSPS) is 17.9. The predicted octanol–water partition coefficient (Wildman–Crippen LogP) is -0.562. The maximum atomic E-state index is 13.3. The number of benzene rings is 1. The number of aromatic hydroxyl groups is 1. The molecular weight excluding hydrogens is 460 g/mol. The number of carboxylic acids is 2. The molecule has 7 N–H and O–H groups in total. The summed E-state index contributed by atoms with van der Waals surface area (Å²) in [7, 11) is 0. The summed E-state index contributed by atoms with van der Waals surface area (Å²) >= 11 is 0. The number of carbonyl (C=O) groups excluding carboxylic acids is 3. The monoisotopic (exact) mass is 492 g/mol. The molecule has 4 atom stereocenters. The summed E-state index contributed by atoms with van der Waals surface area (Å²) in [6.07, 6.45) is 0.207. The zero-order chi connectivity index (χ0) is 26.3. The Balaban J connectivity index is 2.25. The molecule has 0 radical (unpaired) electrons. The van der Waals surface area contributed by atoms with Crippen molar-refractivity contribution >= 4 is 29.7 Å². The van der Waals surface area contributed by atoms with E-state index in [4.69, 9.17) is 10.8 Å². The second-order valence-corrected chi connectivity index (χ2v) is 8.89. The average Bonchev–Trinajstić information content (AvgIpc) is 3.27. The Labute approximate surface area is 202 Å². The van der Waals surface area contributed by atoms with Crippen molar-refractivity contribution in [2.75, 3.05) is 6.54 Å². The SMILES string of the molecule is CC(C)C(NC(=O)C(N)CC(=O)O)C(=O)NC(Cc1ccc(O)cc1)C(=O)N1CCCC1C(=O)O. The molecule has 1 aromatic carbocycles. The van der Waals surface area contributed by atoms with Crippen LogP contribution in [0.4, 0.5) is 0 Å². The van der Waals surface area contributed by atoms with Gasteiger partial charge in [0.1, 0.15) is 23.9 Å². The number of nitrogens with two attached hydrogens (primary N) is 1. The molecule has 3 amide bonds. The van der Waals surface area contributed by atoms with Crippen LogP contribution in [-0.4, -0.2) is 80.6 Å². The zero-order valence-electron chi connectivity index (χ0n) is 19.6. The largest absolute Gasteiger partial charge is 0.508 e. The predicted molar refractivity (Wildman–Crippen MR) is 123 cm³/mol. The highest BCUT2D eigenvalue weighted by atomic mass is 16.4. The number of amides is 3. The standard InChI is InChI=1S/C23H32N4O8/c1-12(2)19(26-20(31)15(24)11-18(29)30)21(32)25-16(10-13-5-7-14(28)8-6-13)22(33)27-9-3-4-17(27)23(34)35/h5-8,12,15-17,19,28H,3-4,9-11,24H2,1-2H3,(H,25,32)(H,26,31)(H,29,30)(H,34,35). The summed E-state index contributed by atoms with van der Waals surface area (Å²) in [4.78, 5) is 62.5. The van der Waals surface area contributed by atoms with E-state index in [1.165, 1.54) is 17.0 Å². The first kappa shape index (κ1) is 27.6. The molecule has 12 nitrogen and oxygen atoms in total. The molecule has 0 saturated carbocycles. The van der Waals surface area contributed by atoms with Gasteiger partial charge in [-0.15, -0.1) is 0 Å². The van der Waals surface area contributed by atoms with Gasteiger partial charge in [0.15, 0.2) is 0 Å². The summed E-state index contributed by atoms with van der Waals surface area (Å²) in [5.74, 6) is -4.91. The van der Waals surface area contributed by atoms with Crippen molar-refractivity contribution in [3.05, 3.63) is 29.8 Å². The summed E-state index contributed by atoms with van der Waals surface area (Å²) in [5.41, 5.74) is 6.21. The fourth-order valence-corrected chi connectivity index (χ4v) is 3.89. The minimum absolute atomic E-state index is 0.0188. The third-order valence-electron chi connectivity index (χ3n) is 5.79. The van der Waals surface area contributed by atoms with Crippen molar-refractivity contribution < 1.29 is 39.3 Å². The van der Waals surface area contributed by atoms with Gasteiger partial charge < -0.3 is 36.6 Å². The van der Waals surface area contributed by atoms with Crippen LogP contribution >= 0.6 is 0 Å². The summed E-state index contributed by atoms with van der Waals surface area (Å²) in [6.45, 7) is 3.54. The van der Waals surface area contributed by atoms with Crippen molar-refractivity contribution in [2.24, 2.45) is 11.7 Å². The summed E-state index contributed by atoms with van der Waals surface area (Å²) in [5, 5.41) is 32.9. The van der Waals surface area contributed by atoms with E-state index in [2.05, 4.69) is 10.6 Å². The second kappa shape index (κ2) is 12.2. The number of carbonyl (C=O) groups is 5. The Morgan fingerprint density at radius 1 is 1.06 bits per heavy atom. The van der Waals surface area contributed by atoms with E-state index in [0.717, 1.165) is 0 Å². The van der Waals surface area contributed by atoms with E-state index >= 15 is 0 Å². The van der Waals surface area contributed by atoms with Gasteiger partial charge in [0.05, 0.1) is 12.5 Å². The molecule has 1 aliphatic rings. The fourth-order valence-electron chi connectivity index (χ4n) is 3.89. The molecule has 1 aliphatic heterocycles. The number of nitrogens with zero attached hydrogens (tertiary/aromatic N) is 1. The highest BCUT2D eigenvalue weighted by molar-refractivity contribution is 5.95. The number of likely N-dealkylation sites (tertiary alicyclic amines) is 1. The van der Waals surface area contributed by atoms with Gasteiger partial charge in [-0.2, -0.15) is 0 Å². The first-order valence-electron chi connectivity index (χ1n) is 11.3. The molecule has 0 bridgehead atoms. The van der Waals surface area contributed by atoms with E-state index in [0.29, 0.717) is 18.4 Å². The molecule has 1 heterocycles. The third-order valence-corrected chi connectivity index (χ3v) is 5.79. The lowest BCUT2D eigenvalue weighted by Crippen LogP contribution is -2.59. The molecule has 4 unspecified atom stereocenters. The van der Waals surface area contributed by atoms with Gasteiger partial charge in [-0.25, -0.2) is 4.79 Å². The van der Waals surface area contributed by atoms with Crippen molar-refractivity contribution in [2.45, 2.75) is 63.7 Å². The summed E-state index contributed by atoms with van der Waals surface area (Å²) in [6, 6.07) is 1.38. The van der Waals surface area contributed by atoms with Crippen LogP contribution in [0.3, 0.4) is 0 Å².